The Kier molecular flexibility index (Phi) is 5.16. The maximum absolute atomic E-state index is 12.5. The fraction of sp³-hybridized carbons (Fsp3) is 0.182. The van der Waals surface area contributed by atoms with Crippen molar-refractivity contribution >= 4 is 39.6 Å². The zero-order chi connectivity index (χ0) is 22.1. The number of benzene rings is 2. The first-order valence-corrected chi connectivity index (χ1v) is 9.51. The summed E-state index contributed by atoms with van der Waals surface area (Å²) in [6.45, 7) is 3.17. The number of hydrogen-bond donors (Lipinski definition) is 2. The minimum Gasteiger partial charge on any atom is -0.506 e. The van der Waals surface area contributed by atoms with Crippen LogP contribution in [-0.2, 0) is 16.1 Å². The number of rotatable bonds is 5. The number of nitrogens with zero attached hydrogens (tertiary/aromatic N) is 2. The summed E-state index contributed by atoms with van der Waals surface area (Å²) in [5.41, 5.74) is 6.29. The molecule has 0 unspecified atom stereocenters. The number of aromatic nitrogens is 2. The molecule has 0 saturated heterocycles. The van der Waals surface area contributed by atoms with E-state index < -0.39 is 11.9 Å². The van der Waals surface area contributed by atoms with Crippen LogP contribution in [0.5, 0.6) is 5.75 Å². The molecular weight excluding hydrogens is 402 g/mol. The van der Waals surface area contributed by atoms with E-state index in [1.807, 2.05) is 12.1 Å². The molecule has 3 N–H and O–H groups in total. The van der Waals surface area contributed by atoms with E-state index in [2.05, 4.69) is 9.97 Å². The Morgan fingerprint density at radius 1 is 1.10 bits per heavy atom. The Labute approximate surface area is 176 Å². The third-order valence-electron chi connectivity index (χ3n) is 4.73. The predicted molar refractivity (Wildman–Crippen MR) is 112 cm³/mol. The minimum absolute atomic E-state index is 0.00417. The molecule has 0 aliphatic heterocycles. The van der Waals surface area contributed by atoms with Gasteiger partial charge in [-0.1, -0.05) is 30.3 Å². The number of carbonyl (C=O) groups excluding carboxylic acids is 2. The van der Waals surface area contributed by atoms with E-state index in [1.165, 1.54) is 6.07 Å². The monoisotopic (exact) mass is 421 g/mol. The predicted octanol–water partition coefficient (Wildman–Crippen LogP) is 3.51. The summed E-state index contributed by atoms with van der Waals surface area (Å²) in [6.07, 6.45) is 0. The van der Waals surface area contributed by atoms with Gasteiger partial charge < -0.3 is 24.7 Å². The lowest BCUT2D eigenvalue weighted by Crippen LogP contribution is -2.10. The van der Waals surface area contributed by atoms with Crippen molar-refractivity contribution in [1.29, 1.82) is 0 Å². The highest BCUT2D eigenvalue weighted by molar-refractivity contribution is 6.07. The van der Waals surface area contributed by atoms with Crippen LogP contribution < -0.4 is 5.73 Å². The van der Waals surface area contributed by atoms with Crippen LogP contribution in [0.15, 0.2) is 40.8 Å². The Bertz CT molecular complexity index is 1330. The van der Waals surface area contributed by atoms with E-state index in [0.29, 0.717) is 11.1 Å². The minimum atomic E-state index is -0.742. The van der Waals surface area contributed by atoms with Gasteiger partial charge in [0, 0.05) is 5.39 Å². The number of aryl methyl sites for hydroxylation is 1. The zero-order valence-electron chi connectivity index (χ0n) is 16.8. The van der Waals surface area contributed by atoms with Gasteiger partial charge in [-0.15, -0.1) is 0 Å². The van der Waals surface area contributed by atoms with Crippen LogP contribution in [0.1, 0.15) is 39.2 Å². The van der Waals surface area contributed by atoms with Crippen molar-refractivity contribution in [3.8, 4) is 5.75 Å². The SMILES string of the molecule is CCOC(=O)c1c(C)oc2nc(COC(=O)c3ccc4ccccc4c3O)nc(N)c12. The summed E-state index contributed by atoms with van der Waals surface area (Å²) in [5.74, 6) is -1.11. The number of esters is 2. The smallest absolute Gasteiger partial charge is 0.342 e. The van der Waals surface area contributed by atoms with Gasteiger partial charge in [0.2, 0.25) is 5.71 Å². The molecule has 4 aromatic rings. The molecule has 2 heterocycles. The fourth-order valence-corrected chi connectivity index (χ4v) is 3.32. The molecular formula is C22H19N3O6. The number of fused-ring (bicyclic) bond motifs is 2. The van der Waals surface area contributed by atoms with E-state index in [4.69, 9.17) is 19.6 Å². The maximum atomic E-state index is 12.5. The van der Waals surface area contributed by atoms with Gasteiger partial charge in [0.15, 0.2) is 12.4 Å². The summed E-state index contributed by atoms with van der Waals surface area (Å²) in [6, 6.07) is 10.3. The van der Waals surface area contributed by atoms with Gasteiger partial charge in [0.05, 0.1) is 12.0 Å². The molecule has 2 aromatic carbocycles. The van der Waals surface area contributed by atoms with E-state index in [0.717, 1.165) is 5.39 Å². The topological polar surface area (TPSA) is 138 Å². The van der Waals surface area contributed by atoms with Crippen LogP contribution in [0.2, 0.25) is 0 Å². The van der Waals surface area contributed by atoms with Crippen molar-refractivity contribution in [2.24, 2.45) is 0 Å². The number of phenolic OH excluding ortho intramolecular Hbond substituents is 1. The van der Waals surface area contributed by atoms with Crippen molar-refractivity contribution in [1.82, 2.24) is 9.97 Å². The average Bonchev–Trinajstić information content (AvgIpc) is 3.09. The lowest BCUT2D eigenvalue weighted by Gasteiger charge is -2.08. The van der Waals surface area contributed by atoms with Gasteiger partial charge in [0.1, 0.15) is 28.5 Å². The van der Waals surface area contributed by atoms with Crippen molar-refractivity contribution < 1.29 is 28.6 Å². The molecule has 9 heteroatoms. The molecule has 0 aliphatic carbocycles. The molecule has 0 fully saturated rings. The molecule has 4 rings (SSSR count). The van der Waals surface area contributed by atoms with Gasteiger partial charge in [0.25, 0.3) is 0 Å². The third kappa shape index (κ3) is 3.61. The van der Waals surface area contributed by atoms with Crippen LogP contribution >= 0.6 is 0 Å². The van der Waals surface area contributed by atoms with E-state index in [1.54, 1.807) is 32.0 Å². The van der Waals surface area contributed by atoms with E-state index in [-0.39, 0.29) is 52.8 Å². The summed E-state index contributed by atoms with van der Waals surface area (Å²) < 4.78 is 15.8. The number of phenols is 1. The van der Waals surface area contributed by atoms with Crippen LogP contribution in [0.4, 0.5) is 5.82 Å². The third-order valence-corrected chi connectivity index (χ3v) is 4.73. The highest BCUT2D eigenvalue weighted by Crippen LogP contribution is 2.30. The highest BCUT2D eigenvalue weighted by atomic mass is 16.5. The number of aromatic hydroxyl groups is 1. The molecule has 31 heavy (non-hydrogen) atoms. The van der Waals surface area contributed by atoms with Crippen molar-refractivity contribution in [3.05, 3.63) is 59.1 Å². The quantitative estimate of drug-likeness (QED) is 0.464. The Morgan fingerprint density at radius 3 is 2.65 bits per heavy atom. The van der Waals surface area contributed by atoms with Crippen molar-refractivity contribution in [2.75, 3.05) is 12.3 Å². The second-order valence-corrected chi connectivity index (χ2v) is 6.72. The summed E-state index contributed by atoms with van der Waals surface area (Å²) >= 11 is 0. The number of hydrogen-bond acceptors (Lipinski definition) is 9. The van der Waals surface area contributed by atoms with E-state index in [9.17, 15) is 14.7 Å². The van der Waals surface area contributed by atoms with Crippen LogP contribution in [0.25, 0.3) is 21.9 Å². The van der Waals surface area contributed by atoms with Crippen LogP contribution in [0.3, 0.4) is 0 Å². The Morgan fingerprint density at radius 2 is 1.87 bits per heavy atom. The van der Waals surface area contributed by atoms with Crippen LogP contribution in [-0.4, -0.2) is 33.6 Å². The molecule has 0 spiro atoms. The van der Waals surface area contributed by atoms with Gasteiger partial charge in [-0.25, -0.2) is 14.6 Å². The molecule has 0 saturated carbocycles. The standard InChI is InChI=1S/C22H19N3O6/c1-3-29-22(28)16-11(2)31-20-17(16)19(23)24-15(25-20)10-30-21(27)14-9-8-12-6-4-5-7-13(12)18(14)26/h4-9,26H,3,10H2,1-2H3,(H2,23,24,25). The van der Waals surface area contributed by atoms with Gasteiger partial charge in [-0.2, -0.15) is 4.98 Å². The number of nitrogen functional groups attached to an aromatic ring is 1. The molecule has 0 aliphatic rings. The molecule has 0 atom stereocenters. The fourth-order valence-electron chi connectivity index (χ4n) is 3.32. The van der Waals surface area contributed by atoms with Gasteiger partial charge >= 0.3 is 11.9 Å². The lowest BCUT2D eigenvalue weighted by atomic mass is 10.1. The molecule has 2 aromatic heterocycles. The largest absolute Gasteiger partial charge is 0.506 e. The number of ether oxygens (including phenoxy) is 2. The number of nitrogens with two attached hydrogens (primary N) is 1. The molecule has 0 bridgehead atoms. The number of anilines is 1. The van der Waals surface area contributed by atoms with Gasteiger partial charge in [-0.3, -0.25) is 0 Å². The molecule has 0 amide bonds. The van der Waals surface area contributed by atoms with Crippen molar-refractivity contribution in [3.63, 3.8) is 0 Å². The zero-order valence-corrected chi connectivity index (χ0v) is 16.8. The normalized spacial score (nSPS) is 11.0. The second kappa shape index (κ2) is 7.94. The highest BCUT2D eigenvalue weighted by Gasteiger charge is 2.24. The summed E-state index contributed by atoms with van der Waals surface area (Å²) in [5, 5.41) is 12.0. The van der Waals surface area contributed by atoms with Crippen molar-refractivity contribution in [2.45, 2.75) is 20.5 Å². The molecule has 9 nitrogen and oxygen atoms in total. The first kappa shape index (κ1) is 20.1. The van der Waals surface area contributed by atoms with E-state index >= 15 is 0 Å². The first-order chi connectivity index (χ1) is 14.9. The lowest BCUT2D eigenvalue weighted by molar-refractivity contribution is 0.0458. The molecule has 158 valence electrons. The summed E-state index contributed by atoms with van der Waals surface area (Å²) in [4.78, 5) is 33.0. The Balaban J connectivity index is 1.59. The first-order valence-electron chi connectivity index (χ1n) is 9.51. The maximum Gasteiger partial charge on any atom is 0.342 e. The summed E-state index contributed by atoms with van der Waals surface area (Å²) in [7, 11) is 0. The van der Waals surface area contributed by atoms with Crippen LogP contribution in [0, 0.1) is 6.92 Å². The van der Waals surface area contributed by atoms with Gasteiger partial charge in [-0.05, 0) is 25.3 Å². The number of carbonyl (C=O) groups is 2. The average molecular weight is 421 g/mol. The second-order valence-electron chi connectivity index (χ2n) is 6.72. The number of furan rings is 1. The Hall–Kier alpha value is -4.14. The molecule has 0 radical (unpaired) electrons.